The van der Waals surface area contributed by atoms with Crippen LogP contribution in [0.25, 0.3) is 0 Å². The van der Waals surface area contributed by atoms with Crippen LogP contribution in [0.2, 0.25) is 0 Å². The number of nitrogens with zero attached hydrogens (tertiary/aromatic N) is 3. The predicted octanol–water partition coefficient (Wildman–Crippen LogP) is 1.98. The molecule has 3 rings (SSSR count). The van der Waals surface area contributed by atoms with Gasteiger partial charge in [-0.2, -0.15) is 5.10 Å². The molecule has 0 radical (unpaired) electrons. The van der Waals surface area contributed by atoms with Crippen LogP contribution < -0.4 is 5.32 Å². The molecule has 1 atom stereocenters. The molecule has 0 saturated carbocycles. The number of amides is 1. The first kappa shape index (κ1) is 15.7. The average molecular weight is 312 g/mol. The highest BCUT2D eigenvalue weighted by Crippen LogP contribution is 2.14. The molecule has 1 aromatic heterocycles. The molecule has 1 aliphatic rings. The molecule has 0 bridgehead atoms. The summed E-state index contributed by atoms with van der Waals surface area (Å²) in [7, 11) is 0. The fourth-order valence-electron chi connectivity index (χ4n) is 3.12. The van der Waals surface area contributed by atoms with Gasteiger partial charge in [0.05, 0.1) is 12.2 Å². The highest BCUT2D eigenvalue weighted by atomic mass is 16.2. The SMILES string of the molecule is Cc1cc(C)n(Cc2cccc(C(=O)N3CCNCC3C)c2)n1. The number of nitrogens with one attached hydrogen (secondary N) is 1. The maximum absolute atomic E-state index is 12.8. The second kappa shape index (κ2) is 6.54. The van der Waals surface area contributed by atoms with E-state index in [1.54, 1.807) is 0 Å². The summed E-state index contributed by atoms with van der Waals surface area (Å²) in [6.45, 7) is 9.31. The predicted molar refractivity (Wildman–Crippen MR) is 90.6 cm³/mol. The number of carbonyl (C=O) groups excluding carboxylic acids is 1. The molecular weight excluding hydrogens is 288 g/mol. The number of hydrogen-bond donors (Lipinski definition) is 1. The van der Waals surface area contributed by atoms with Gasteiger partial charge in [-0.25, -0.2) is 0 Å². The van der Waals surface area contributed by atoms with E-state index >= 15 is 0 Å². The van der Waals surface area contributed by atoms with Crippen molar-refractivity contribution in [2.24, 2.45) is 0 Å². The topological polar surface area (TPSA) is 50.2 Å². The molecule has 2 aromatic rings. The minimum absolute atomic E-state index is 0.120. The summed E-state index contributed by atoms with van der Waals surface area (Å²) in [5.74, 6) is 0.120. The van der Waals surface area contributed by atoms with Crippen molar-refractivity contribution in [2.45, 2.75) is 33.4 Å². The molecule has 2 heterocycles. The van der Waals surface area contributed by atoms with Gasteiger partial charge in [0.1, 0.15) is 0 Å². The highest BCUT2D eigenvalue weighted by molar-refractivity contribution is 5.94. The van der Waals surface area contributed by atoms with E-state index in [9.17, 15) is 4.79 Å². The molecule has 0 aliphatic carbocycles. The van der Waals surface area contributed by atoms with Crippen molar-refractivity contribution in [3.63, 3.8) is 0 Å². The van der Waals surface area contributed by atoms with Crippen LogP contribution in [-0.2, 0) is 6.54 Å². The molecule has 1 saturated heterocycles. The van der Waals surface area contributed by atoms with Gasteiger partial charge in [0.15, 0.2) is 0 Å². The Balaban J connectivity index is 1.79. The van der Waals surface area contributed by atoms with Crippen LogP contribution in [-0.4, -0.2) is 46.3 Å². The van der Waals surface area contributed by atoms with Gasteiger partial charge < -0.3 is 10.2 Å². The first-order valence-corrected chi connectivity index (χ1v) is 8.16. The lowest BCUT2D eigenvalue weighted by atomic mass is 10.1. The maximum atomic E-state index is 12.8. The Kier molecular flexibility index (Phi) is 4.48. The molecule has 1 aromatic carbocycles. The monoisotopic (exact) mass is 312 g/mol. The van der Waals surface area contributed by atoms with Crippen LogP contribution in [0.4, 0.5) is 0 Å². The number of carbonyl (C=O) groups is 1. The first-order valence-electron chi connectivity index (χ1n) is 8.16. The smallest absolute Gasteiger partial charge is 0.254 e. The minimum atomic E-state index is 0.120. The van der Waals surface area contributed by atoms with Gasteiger partial charge in [0.2, 0.25) is 0 Å². The van der Waals surface area contributed by atoms with E-state index < -0.39 is 0 Å². The third-order valence-electron chi connectivity index (χ3n) is 4.37. The van der Waals surface area contributed by atoms with Gasteiger partial charge in [0, 0.05) is 36.9 Å². The van der Waals surface area contributed by atoms with Gasteiger partial charge in [-0.15, -0.1) is 0 Å². The Morgan fingerprint density at radius 1 is 1.35 bits per heavy atom. The first-order chi connectivity index (χ1) is 11.0. The van der Waals surface area contributed by atoms with E-state index in [0.717, 1.165) is 42.1 Å². The van der Waals surface area contributed by atoms with Crippen LogP contribution >= 0.6 is 0 Å². The van der Waals surface area contributed by atoms with Crippen LogP contribution in [0.5, 0.6) is 0 Å². The fourth-order valence-corrected chi connectivity index (χ4v) is 3.12. The van der Waals surface area contributed by atoms with Crippen molar-refractivity contribution in [2.75, 3.05) is 19.6 Å². The number of hydrogen-bond acceptors (Lipinski definition) is 3. The van der Waals surface area contributed by atoms with Crippen molar-refractivity contribution in [1.29, 1.82) is 0 Å². The van der Waals surface area contributed by atoms with Crippen LogP contribution in [0, 0.1) is 13.8 Å². The zero-order valence-electron chi connectivity index (χ0n) is 14.0. The third-order valence-corrected chi connectivity index (χ3v) is 4.37. The van der Waals surface area contributed by atoms with Gasteiger partial charge in [-0.3, -0.25) is 9.48 Å². The number of rotatable bonds is 3. The van der Waals surface area contributed by atoms with Crippen molar-refractivity contribution in [3.8, 4) is 0 Å². The molecule has 1 N–H and O–H groups in total. The summed E-state index contributed by atoms with van der Waals surface area (Å²) in [5, 5.41) is 7.81. The number of aryl methyl sites for hydroxylation is 2. The van der Waals surface area contributed by atoms with Crippen molar-refractivity contribution < 1.29 is 4.79 Å². The lowest BCUT2D eigenvalue weighted by molar-refractivity contribution is 0.0655. The van der Waals surface area contributed by atoms with Gasteiger partial charge >= 0.3 is 0 Å². The standard InChI is InChI=1S/C18H24N4O/c1-13-9-14(2)22(20-13)12-16-5-4-6-17(10-16)18(23)21-8-7-19-11-15(21)3/h4-6,9-10,15,19H,7-8,11-12H2,1-3H3. The summed E-state index contributed by atoms with van der Waals surface area (Å²) < 4.78 is 1.98. The van der Waals surface area contributed by atoms with E-state index in [0.29, 0.717) is 6.54 Å². The average Bonchev–Trinajstić information content (AvgIpc) is 2.85. The molecule has 1 unspecified atom stereocenters. The number of piperazine rings is 1. The Hall–Kier alpha value is -2.14. The lowest BCUT2D eigenvalue weighted by Gasteiger charge is -2.34. The van der Waals surface area contributed by atoms with Crippen LogP contribution in [0.3, 0.4) is 0 Å². The quantitative estimate of drug-likeness (QED) is 0.943. The van der Waals surface area contributed by atoms with E-state index in [1.807, 2.05) is 34.7 Å². The van der Waals surface area contributed by atoms with E-state index in [4.69, 9.17) is 0 Å². The molecule has 0 spiro atoms. The zero-order valence-corrected chi connectivity index (χ0v) is 14.0. The third kappa shape index (κ3) is 3.45. The van der Waals surface area contributed by atoms with E-state index in [1.165, 1.54) is 0 Å². The fraction of sp³-hybridized carbons (Fsp3) is 0.444. The summed E-state index contributed by atoms with van der Waals surface area (Å²) in [5.41, 5.74) is 4.02. The summed E-state index contributed by atoms with van der Waals surface area (Å²) in [6, 6.07) is 10.2. The molecule has 1 fully saturated rings. The normalized spacial score (nSPS) is 18.2. The number of benzene rings is 1. The van der Waals surface area contributed by atoms with Gasteiger partial charge in [0.25, 0.3) is 5.91 Å². The zero-order chi connectivity index (χ0) is 16.4. The van der Waals surface area contributed by atoms with Crippen molar-refractivity contribution in [3.05, 3.63) is 52.8 Å². The van der Waals surface area contributed by atoms with Crippen LogP contribution in [0.15, 0.2) is 30.3 Å². The van der Waals surface area contributed by atoms with Crippen molar-refractivity contribution >= 4 is 5.91 Å². The van der Waals surface area contributed by atoms with Gasteiger partial charge in [-0.1, -0.05) is 12.1 Å². The van der Waals surface area contributed by atoms with Gasteiger partial charge in [-0.05, 0) is 44.5 Å². The molecule has 5 nitrogen and oxygen atoms in total. The molecular formula is C18H24N4O. The Morgan fingerprint density at radius 2 is 2.17 bits per heavy atom. The number of aromatic nitrogens is 2. The molecule has 5 heteroatoms. The Bertz CT molecular complexity index is 707. The summed E-state index contributed by atoms with van der Waals surface area (Å²) >= 11 is 0. The minimum Gasteiger partial charge on any atom is -0.333 e. The van der Waals surface area contributed by atoms with Crippen LogP contribution in [0.1, 0.15) is 34.2 Å². The Labute approximate surface area is 137 Å². The molecule has 1 aliphatic heterocycles. The van der Waals surface area contributed by atoms with E-state index in [2.05, 4.69) is 36.4 Å². The largest absolute Gasteiger partial charge is 0.333 e. The highest BCUT2D eigenvalue weighted by Gasteiger charge is 2.24. The Morgan fingerprint density at radius 3 is 2.87 bits per heavy atom. The lowest BCUT2D eigenvalue weighted by Crippen LogP contribution is -2.52. The van der Waals surface area contributed by atoms with E-state index in [-0.39, 0.29) is 11.9 Å². The summed E-state index contributed by atoms with van der Waals surface area (Å²) in [6.07, 6.45) is 0. The molecule has 23 heavy (non-hydrogen) atoms. The molecule has 122 valence electrons. The maximum Gasteiger partial charge on any atom is 0.254 e. The second-order valence-corrected chi connectivity index (χ2v) is 6.34. The summed E-state index contributed by atoms with van der Waals surface area (Å²) in [4.78, 5) is 14.7. The second-order valence-electron chi connectivity index (χ2n) is 6.34. The van der Waals surface area contributed by atoms with Crippen molar-refractivity contribution in [1.82, 2.24) is 20.0 Å². The molecule has 1 amide bonds.